The molecule has 3 nitrogen and oxygen atoms in total. The van der Waals surface area contributed by atoms with Crippen LogP contribution in [-0.4, -0.2) is 47.8 Å². The number of nitrogens with one attached hydrogen (secondary N) is 1. The summed E-state index contributed by atoms with van der Waals surface area (Å²) in [4.78, 5) is 2.50. The molecule has 0 spiro atoms. The lowest BCUT2D eigenvalue weighted by atomic mass is 9.86. The van der Waals surface area contributed by atoms with E-state index in [9.17, 15) is 5.11 Å². The number of hydrogen-bond acceptors (Lipinski definition) is 3. The van der Waals surface area contributed by atoms with Crippen molar-refractivity contribution >= 4 is 0 Å². The Morgan fingerprint density at radius 3 is 2.32 bits per heavy atom. The molecule has 1 aliphatic carbocycles. The highest BCUT2D eigenvalue weighted by Gasteiger charge is 2.26. The van der Waals surface area contributed by atoms with Crippen LogP contribution in [0.4, 0.5) is 0 Å². The van der Waals surface area contributed by atoms with Gasteiger partial charge in [-0.25, -0.2) is 0 Å². The summed E-state index contributed by atoms with van der Waals surface area (Å²) in [6.07, 6.45) is 6.42. The average Bonchev–Trinajstić information content (AvgIpc) is 2.36. The van der Waals surface area contributed by atoms with Crippen molar-refractivity contribution in [3.8, 4) is 0 Å². The van der Waals surface area contributed by atoms with E-state index in [1.54, 1.807) is 0 Å². The first-order chi connectivity index (χ1) is 8.86. The molecule has 0 heterocycles. The molecular formula is C16H34N2O. The average molecular weight is 270 g/mol. The molecule has 114 valence electrons. The van der Waals surface area contributed by atoms with Crippen LogP contribution in [0.2, 0.25) is 0 Å². The molecule has 19 heavy (non-hydrogen) atoms. The van der Waals surface area contributed by atoms with Gasteiger partial charge in [-0.3, -0.25) is 0 Å². The first kappa shape index (κ1) is 16.9. The summed E-state index contributed by atoms with van der Waals surface area (Å²) in [7, 11) is 2.24. The van der Waals surface area contributed by atoms with Crippen molar-refractivity contribution in [1.29, 1.82) is 0 Å². The van der Waals surface area contributed by atoms with Gasteiger partial charge in [0.15, 0.2) is 0 Å². The van der Waals surface area contributed by atoms with Gasteiger partial charge in [-0.15, -0.1) is 0 Å². The molecule has 2 N–H and O–H groups in total. The highest BCUT2D eigenvalue weighted by atomic mass is 16.3. The van der Waals surface area contributed by atoms with Crippen molar-refractivity contribution in [2.45, 2.75) is 77.4 Å². The molecule has 1 aliphatic rings. The maximum Gasteiger partial charge on any atom is 0.0611 e. The molecule has 1 saturated carbocycles. The zero-order valence-corrected chi connectivity index (χ0v) is 13.6. The minimum absolute atomic E-state index is 0.148. The Balaban J connectivity index is 2.37. The minimum atomic E-state index is -0.148. The summed E-state index contributed by atoms with van der Waals surface area (Å²) in [5.74, 6) is 0.912. The Labute approximate surface area is 119 Å². The Bertz CT molecular complexity index is 249. The minimum Gasteiger partial charge on any atom is -0.394 e. The van der Waals surface area contributed by atoms with Crippen LogP contribution in [0.1, 0.15) is 59.8 Å². The molecule has 1 unspecified atom stereocenters. The topological polar surface area (TPSA) is 35.5 Å². The molecule has 0 amide bonds. The van der Waals surface area contributed by atoms with Crippen LogP contribution in [0.25, 0.3) is 0 Å². The zero-order valence-electron chi connectivity index (χ0n) is 13.6. The fourth-order valence-corrected chi connectivity index (χ4v) is 3.18. The molecule has 0 saturated heterocycles. The predicted octanol–water partition coefficient (Wildman–Crippen LogP) is 2.64. The van der Waals surface area contributed by atoms with Crippen LogP contribution in [-0.2, 0) is 0 Å². The third-order valence-corrected chi connectivity index (χ3v) is 4.61. The quantitative estimate of drug-likeness (QED) is 0.746. The molecule has 3 heteroatoms. The van der Waals surface area contributed by atoms with E-state index in [2.05, 4.69) is 45.0 Å². The number of aliphatic hydroxyl groups excluding tert-OH is 1. The van der Waals surface area contributed by atoms with Gasteiger partial charge in [0, 0.05) is 17.6 Å². The largest absolute Gasteiger partial charge is 0.394 e. The van der Waals surface area contributed by atoms with Crippen molar-refractivity contribution in [1.82, 2.24) is 10.2 Å². The zero-order chi connectivity index (χ0) is 14.5. The van der Waals surface area contributed by atoms with Crippen LogP contribution in [0, 0.1) is 5.92 Å². The molecule has 1 atom stereocenters. The van der Waals surface area contributed by atoms with E-state index in [1.165, 1.54) is 25.7 Å². The maximum absolute atomic E-state index is 9.61. The molecule has 0 aromatic rings. The van der Waals surface area contributed by atoms with Crippen molar-refractivity contribution in [2.24, 2.45) is 5.92 Å². The summed E-state index contributed by atoms with van der Waals surface area (Å²) >= 11 is 0. The monoisotopic (exact) mass is 270 g/mol. The maximum atomic E-state index is 9.61. The van der Waals surface area contributed by atoms with Gasteiger partial charge < -0.3 is 15.3 Å². The van der Waals surface area contributed by atoms with E-state index < -0.39 is 0 Å². The normalized spacial score (nSPS) is 27.8. The predicted molar refractivity (Wildman–Crippen MR) is 82.4 cm³/mol. The Kier molecular flexibility index (Phi) is 6.78. The lowest BCUT2D eigenvalue weighted by Gasteiger charge is -2.37. The van der Waals surface area contributed by atoms with Crippen LogP contribution >= 0.6 is 0 Å². The summed E-state index contributed by atoms with van der Waals surface area (Å²) in [5.41, 5.74) is -0.148. The highest BCUT2D eigenvalue weighted by Crippen LogP contribution is 2.26. The molecule has 0 aromatic heterocycles. The first-order valence-corrected chi connectivity index (χ1v) is 7.95. The SMILES string of the molecule is CC1CCC(N(C)CCC(C)(CO)NC(C)C)CC1. The second-order valence-corrected chi connectivity index (χ2v) is 7.16. The Morgan fingerprint density at radius 1 is 1.26 bits per heavy atom. The number of rotatable bonds is 7. The molecule has 0 radical (unpaired) electrons. The number of hydrogen-bond donors (Lipinski definition) is 2. The molecule has 0 bridgehead atoms. The van der Waals surface area contributed by atoms with E-state index in [0.29, 0.717) is 6.04 Å². The molecule has 1 fully saturated rings. The van der Waals surface area contributed by atoms with Crippen molar-refractivity contribution in [3.05, 3.63) is 0 Å². The van der Waals surface area contributed by atoms with Crippen molar-refractivity contribution in [3.63, 3.8) is 0 Å². The van der Waals surface area contributed by atoms with E-state index in [-0.39, 0.29) is 12.1 Å². The number of nitrogens with zero attached hydrogens (tertiary/aromatic N) is 1. The van der Waals surface area contributed by atoms with E-state index in [4.69, 9.17) is 0 Å². The summed E-state index contributed by atoms with van der Waals surface area (Å²) < 4.78 is 0. The van der Waals surface area contributed by atoms with Crippen LogP contribution in [0.3, 0.4) is 0 Å². The molecule has 0 aliphatic heterocycles. The molecule has 1 rings (SSSR count). The lowest BCUT2D eigenvalue weighted by molar-refractivity contribution is 0.118. The van der Waals surface area contributed by atoms with Gasteiger partial charge in [0.2, 0.25) is 0 Å². The van der Waals surface area contributed by atoms with E-state index >= 15 is 0 Å². The lowest BCUT2D eigenvalue weighted by Crippen LogP contribution is -2.51. The third-order valence-electron chi connectivity index (χ3n) is 4.61. The van der Waals surface area contributed by atoms with Crippen LogP contribution < -0.4 is 5.32 Å². The first-order valence-electron chi connectivity index (χ1n) is 7.95. The van der Waals surface area contributed by atoms with Crippen LogP contribution in [0.15, 0.2) is 0 Å². The van der Waals surface area contributed by atoms with Crippen LogP contribution in [0.5, 0.6) is 0 Å². The summed E-state index contributed by atoms with van der Waals surface area (Å²) in [6, 6.07) is 1.16. The fourth-order valence-electron chi connectivity index (χ4n) is 3.18. The van der Waals surface area contributed by atoms with Gasteiger partial charge in [0.05, 0.1) is 6.61 Å². The van der Waals surface area contributed by atoms with Crippen molar-refractivity contribution in [2.75, 3.05) is 20.2 Å². The van der Waals surface area contributed by atoms with E-state index in [1.807, 2.05) is 0 Å². The Morgan fingerprint density at radius 2 is 1.84 bits per heavy atom. The molecule has 0 aromatic carbocycles. The second-order valence-electron chi connectivity index (χ2n) is 7.16. The van der Waals surface area contributed by atoms with Gasteiger partial charge >= 0.3 is 0 Å². The van der Waals surface area contributed by atoms with Gasteiger partial charge in [0.25, 0.3) is 0 Å². The Hall–Kier alpha value is -0.120. The van der Waals surface area contributed by atoms with Crippen molar-refractivity contribution < 1.29 is 5.11 Å². The summed E-state index contributed by atoms with van der Waals surface area (Å²) in [6.45, 7) is 10.0. The smallest absolute Gasteiger partial charge is 0.0611 e. The molecular weight excluding hydrogens is 236 g/mol. The van der Waals surface area contributed by atoms with Gasteiger partial charge in [0.1, 0.15) is 0 Å². The standard InChI is InChI=1S/C16H34N2O/c1-13(2)17-16(4,12-19)10-11-18(5)15-8-6-14(3)7-9-15/h13-15,17,19H,6-12H2,1-5H3. The fraction of sp³-hybridized carbons (Fsp3) is 1.00. The van der Waals surface area contributed by atoms with Gasteiger partial charge in [-0.1, -0.05) is 20.8 Å². The highest BCUT2D eigenvalue weighted by molar-refractivity contribution is 4.86. The third kappa shape index (κ3) is 5.80. The van der Waals surface area contributed by atoms with Gasteiger partial charge in [-0.05, 0) is 58.5 Å². The number of aliphatic hydroxyl groups is 1. The van der Waals surface area contributed by atoms with E-state index in [0.717, 1.165) is 24.9 Å². The second kappa shape index (κ2) is 7.61. The summed E-state index contributed by atoms with van der Waals surface area (Å²) in [5, 5.41) is 13.1. The van der Waals surface area contributed by atoms with Gasteiger partial charge in [-0.2, -0.15) is 0 Å².